The van der Waals surface area contributed by atoms with Crippen LogP contribution in [0.4, 0.5) is 5.69 Å². The molecule has 3 rings (SSSR count). The number of methoxy groups -OCH3 is 1. The molecule has 148 valence electrons. The summed E-state index contributed by atoms with van der Waals surface area (Å²) in [5.41, 5.74) is 2.02. The molecule has 1 atom stereocenters. The highest BCUT2D eigenvalue weighted by Crippen LogP contribution is 2.33. The lowest BCUT2D eigenvalue weighted by Gasteiger charge is -2.22. The molecule has 1 aliphatic heterocycles. The first-order valence-electron chi connectivity index (χ1n) is 8.81. The third-order valence-corrected chi connectivity index (χ3v) is 4.56. The van der Waals surface area contributed by atoms with E-state index in [-0.39, 0.29) is 24.0 Å². The Morgan fingerprint density at radius 2 is 2.30 bits per heavy atom. The zero-order chi connectivity index (χ0) is 18.4. The molecular weight excluding hydrogens is 479 g/mol. The molecule has 0 radical (unpaired) electrons. The first-order chi connectivity index (χ1) is 12.7. The number of rotatable bonds is 6. The van der Waals surface area contributed by atoms with Crippen LogP contribution in [0.1, 0.15) is 19.0 Å². The average molecular weight is 505 g/mol. The minimum atomic E-state index is 0. The lowest BCUT2D eigenvalue weighted by atomic mass is 10.2. The molecule has 0 bridgehead atoms. The van der Waals surface area contributed by atoms with Crippen LogP contribution in [-0.4, -0.2) is 48.9 Å². The van der Waals surface area contributed by atoms with Gasteiger partial charge in [0.25, 0.3) is 0 Å². The first kappa shape index (κ1) is 21.6. The number of hydrogen-bond donors (Lipinski definition) is 3. The summed E-state index contributed by atoms with van der Waals surface area (Å²) in [6, 6.07) is 7.95. The number of anilines is 1. The van der Waals surface area contributed by atoms with E-state index in [9.17, 15) is 0 Å². The Morgan fingerprint density at radius 3 is 3.00 bits per heavy atom. The van der Waals surface area contributed by atoms with Gasteiger partial charge < -0.3 is 20.3 Å². The smallest absolute Gasteiger partial charge is 0.191 e. The highest BCUT2D eigenvalue weighted by molar-refractivity contribution is 14.0. The number of aliphatic imine (C=N–C) groups is 1. The van der Waals surface area contributed by atoms with Gasteiger partial charge in [-0.1, -0.05) is 11.6 Å². The molecule has 27 heavy (non-hydrogen) atoms. The Kier molecular flexibility index (Phi) is 8.49. The van der Waals surface area contributed by atoms with Crippen LogP contribution in [-0.2, 0) is 6.54 Å². The van der Waals surface area contributed by atoms with Gasteiger partial charge in [-0.05, 0) is 37.6 Å². The van der Waals surface area contributed by atoms with E-state index in [0.29, 0.717) is 17.6 Å². The van der Waals surface area contributed by atoms with Gasteiger partial charge in [0.2, 0.25) is 0 Å². The molecule has 2 heterocycles. The maximum Gasteiger partial charge on any atom is 0.191 e. The summed E-state index contributed by atoms with van der Waals surface area (Å²) in [6.07, 6.45) is 2.75. The number of nitrogens with zero attached hydrogens (tertiary/aromatic N) is 3. The van der Waals surface area contributed by atoms with Gasteiger partial charge in [0.05, 0.1) is 25.0 Å². The molecule has 1 aromatic carbocycles. The second-order valence-corrected chi connectivity index (χ2v) is 6.61. The van der Waals surface area contributed by atoms with E-state index in [1.807, 2.05) is 24.3 Å². The summed E-state index contributed by atoms with van der Waals surface area (Å²) < 4.78 is 5.48. The predicted octanol–water partition coefficient (Wildman–Crippen LogP) is 3.02. The van der Waals surface area contributed by atoms with Crippen molar-refractivity contribution in [1.82, 2.24) is 20.8 Å². The maximum atomic E-state index is 6.17. The topological polar surface area (TPSA) is 77.6 Å². The van der Waals surface area contributed by atoms with Crippen molar-refractivity contribution in [2.75, 3.05) is 31.6 Å². The van der Waals surface area contributed by atoms with Crippen molar-refractivity contribution in [2.45, 2.75) is 25.9 Å². The van der Waals surface area contributed by atoms with Crippen LogP contribution in [0.25, 0.3) is 0 Å². The average Bonchev–Trinajstić information content (AvgIpc) is 3.32. The number of aromatic amines is 1. The number of halogens is 2. The van der Waals surface area contributed by atoms with Crippen molar-refractivity contribution in [3.63, 3.8) is 0 Å². The van der Waals surface area contributed by atoms with Gasteiger partial charge in [-0.25, -0.2) is 4.99 Å². The molecule has 1 unspecified atom stereocenters. The van der Waals surface area contributed by atoms with Crippen molar-refractivity contribution in [1.29, 1.82) is 0 Å². The van der Waals surface area contributed by atoms with Crippen molar-refractivity contribution >= 4 is 47.2 Å². The van der Waals surface area contributed by atoms with Crippen LogP contribution in [0.5, 0.6) is 5.75 Å². The summed E-state index contributed by atoms with van der Waals surface area (Å²) >= 11 is 6.17. The summed E-state index contributed by atoms with van der Waals surface area (Å²) in [7, 11) is 1.68. The van der Waals surface area contributed by atoms with Gasteiger partial charge >= 0.3 is 0 Å². The molecule has 0 saturated carbocycles. The van der Waals surface area contributed by atoms with Gasteiger partial charge in [0.15, 0.2) is 5.96 Å². The first-order valence-corrected chi connectivity index (χ1v) is 9.19. The molecule has 1 aromatic heterocycles. The van der Waals surface area contributed by atoms with E-state index < -0.39 is 0 Å². The van der Waals surface area contributed by atoms with Gasteiger partial charge in [-0.2, -0.15) is 5.10 Å². The number of benzene rings is 1. The quantitative estimate of drug-likeness (QED) is 0.320. The molecule has 0 amide bonds. The number of aromatic nitrogens is 2. The monoisotopic (exact) mass is 504 g/mol. The minimum absolute atomic E-state index is 0. The molecule has 1 fully saturated rings. The van der Waals surface area contributed by atoms with E-state index in [1.165, 1.54) is 0 Å². The van der Waals surface area contributed by atoms with Crippen LogP contribution in [0, 0.1) is 0 Å². The van der Waals surface area contributed by atoms with E-state index >= 15 is 0 Å². The van der Waals surface area contributed by atoms with Gasteiger partial charge in [-0.3, -0.25) is 5.10 Å². The lowest BCUT2D eigenvalue weighted by molar-refractivity contribution is 0.415. The lowest BCUT2D eigenvalue weighted by Crippen LogP contribution is -2.44. The maximum absolute atomic E-state index is 6.17. The minimum Gasteiger partial charge on any atom is -0.495 e. The zero-order valence-corrected chi connectivity index (χ0v) is 18.6. The third-order valence-electron chi connectivity index (χ3n) is 4.32. The summed E-state index contributed by atoms with van der Waals surface area (Å²) in [5.74, 6) is 1.65. The Labute approximate surface area is 181 Å². The van der Waals surface area contributed by atoms with Gasteiger partial charge in [-0.15, -0.1) is 24.0 Å². The molecule has 9 heteroatoms. The van der Waals surface area contributed by atoms with E-state index in [1.54, 1.807) is 13.3 Å². The normalized spacial score (nSPS) is 16.8. The van der Waals surface area contributed by atoms with Crippen LogP contribution in [0.3, 0.4) is 0 Å². The van der Waals surface area contributed by atoms with Gasteiger partial charge in [0, 0.05) is 36.9 Å². The number of H-pyrrole nitrogens is 1. The second-order valence-electron chi connectivity index (χ2n) is 6.17. The van der Waals surface area contributed by atoms with Crippen LogP contribution in [0.2, 0.25) is 5.02 Å². The van der Waals surface area contributed by atoms with Crippen molar-refractivity contribution in [3.05, 3.63) is 41.2 Å². The standard InChI is InChI=1S/C18H25ClN6O.HI/c1-3-20-18(21-11-14-6-8-22-24-14)23-15-7-9-25(12-15)16-10-13(19)4-5-17(16)26-2;/h4-6,8,10,15H,3,7,9,11-12H2,1-2H3,(H,22,24)(H2,20,21,23);1H. The highest BCUT2D eigenvalue weighted by atomic mass is 127. The zero-order valence-electron chi connectivity index (χ0n) is 15.5. The fourth-order valence-corrected chi connectivity index (χ4v) is 3.22. The number of nitrogens with one attached hydrogen (secondary N) is 3. The van der Waals surface area contributed by atoms with Crippen LogP contribution in [0.15, 0.2) is 35.5 Å². The number of guanidine groups is 1. The largest absolute Gasteiger partial charge is 0.495 e. The van der Waals surface area contributed by atoms with Gasteiger partial charge in [0.1, 0.15) is 5.75 Å². The third kappa shape index (κ3) is 5.90. The predicted molar refractivity (Wildman–Crippen MR) is 121 cm³/mol. The highest BCUT2D eigenvalue weighted by Gasteiger charge is 2.25. The van der Waals surface area contributed by atoms with Crippen molar-refractivity contribution < 1.29 is 4.74 Å². The fourth-order valence-electron chi connectivity index (χ4n) is 3.06. The van der Waals surface area contributed by atoms with Crippen LogP contribution < -0.4 is 20.3 Å². The second kappa shape index (κ2) is 10.6. The molecule has 3 N–H and O–H groups in total. The molecule has 1 saturated heterocycles. The molecule has 7 nitrogen and oxygen atoms in total. The summed E-state index contributed by atoms with van der Waals surface area (Å²) in [4.78, 5) is 6.92. The van der Waals surface area contributed by atoms with E-state index in [0.717, 1.165) is 49.1 Å². The molecule has 2 aromatic rings. The SMILES string of the molecule is CCNC(=NCc1ccn[nH]1)NC1CCN(c2cc(Cl)ccc2OC)C1.I. The Morgan fingerprint density at radius 1 is 1.44 bits per heavy atom. The fraction of sp³-hybridized carbons (Fsp3) is 0.444. The molecule has 1 aliphatic rings. The molecule has 0 spiro atoms. The Balaban J connectivity index is 0.00000261. The Bertz CT molecular complexity index is 739. The van der Waals surface area contributed by atoms with Crippen molar-refractivity contribution in [2.24, 2.45) is 4.99 Å². The summed E-state index contributed by atoms with van der Waals surface area (Å²) in [5, 5.41) is 14.4. The van der Waals surface area contributed by atoms with E-state index in [2.05, 4.69) is 37.6 Å². The van der Waals surface area contributed by atoms with E-state index in [4.69, 9.17) is 16.3 Å². The number of hydrogen-bond acceptors (Lipinski definition) is 4. The summed E-state index contributed by atoms with van der Waals surface area (Å²) in [6.45, 7) is 5.24. The Hall–Kier alpha value is -1.68. The van der Waals surface area contributed by atoms with Crippen molar-refractivity contribution in [3.8, 4) is 5.75 Å². The number of ether oxygens (including phenoxy) is 1. The molecule has 0 aliphatic carbocycles. The molecular formula is C18H26ClIN6O. The van der Waals surface area contributed by atoms with Crippen LogP contribution >= 0.6 is 35.6 Å².